The largest absolute Gasteiger partial charge is 0.435 e. The number of amides is 1. The fourth-order valence-electron chi connectivity index (χ4n) is 3.05. The number of nitrogens with one attached hydrogen (secondary N) is 1. The Kier molecular flexibility index (Phi) is 6.16. The van der Waals surface area contributed by atoms with E-state index in [0.717, 1.165) is 25.3 Å². The van der Waals surface area contributed by atoms with Gasteiger partial charge in [-0.25, -0.2) is 4.98 Å². The quantitative estimate of drug-likeness (QED) is 0.814. The molecule has 0 spiro atoms. The Bertz CT molecular complexity index is 736. The molecule has 1 aromatic heterocycles. The highest BCUT2D eigenvalue weighted by Crippen LogP contribution is 2.22. The van der Waals surface area contributed by atoms with Crippen LogP contribution in [0.3, 0.4) is 0 Å². The van der Waals surface area contributed by atoms with E-state index >= 15 is 0 Å². The van der Waals surface area contributed by atoms with Crippen molar-refractivity contribution in [2.24, 2.45) is 5.92 Å². The van der Waals surface area contributed by atoms with Crippen LogP contribution in [0.15, 0.2) is 29.6 Å². The maximum absolute atomic E-state index is 12.2. The number of nitrogens with zero attached hydrogens (tertiary/aromatic N) is 2. The first-order valence-electron chi connectivity index (χ1n) is 8.52. The Labute approximate surface area is 155 Å². The number of anilines is 1. The lowest BCUT2D eigenvalue weighted by Crippen LogP contribution is -2.33. The summed E-state index contributed by atoms with van der Waals surface area (Å²) in [6, 6.07) is 5.56. The molecule has 8 heteroatoms. The van der Waals surface area contributed by atoms with Crippen molar-refractivity contribution in [3.8, 4) is 5.75 Å². The Morgan fingerprint density at radius 1 is 1.42 bits per heavy atom. The monoisotopic (exact) mass is 381 g/mol. The van der Waals surface area contributed by atoms with Crippen molar-refractivity contribution in [1.82, 2.24) is 9.88 Å². The molecule has 1 aliphatic rings. The second-order valence-corrected chi connectivity index (χ2v) is 7.34. The van der Waals surface area contributed by atoms with E-state index in [1.807, 2.05) is 5.38 Å². The summed E-state index contributed by atoms with van der Waals surface area (Å²) in [4.78, 5) is 19.1. The fourth-order valence-corrected chi connectivity index (χ4v) is 3.75. The van der Waals surface area contributed by atoms with Crippen molar-refractivity contribution in [2.75, 3.05) is 18.4 Å². The van der Waals surface area contributed by atoms with E-state index in [0.29, 0.717) is 16.6 Å². The van der Waals surface area contributed by atoms with Crippen LogP contribution in [0.2, 0.25) is 0 Å². The number of carbonyl (C=O) groups is 1. The zero-order valence-electron chi connectivity index (χ0n) is 14.5. The molecule has 0 radical (unpaired) electrons. The molecule has 2 heterocycles. The summed E-state index contributed by atoms with van der Waals surface area (Å²) in [6.07, 6.45) is 2.48. The molecule has 3 rings (SSSR count). The molecule has 1 amide bonds. The highest BCUT2D eigenvalue weighted by molar-refractivity contribution is 7.13. The van der Waals surface area contributed by atoms with E-state index in [9.17, 15) is 13.6 Å². The number of rotatable bonds is 6. The highest BCUT2D eigenvalue weighted by atomic mass is 32.1. The molecule has 0 aliphatic carbocycles. The summed E-state index contributed by atoms with van der Waals surface area (Å²) < 4.78 is 28.6. The molecule has 1 aliphatic heterocycles. The van der Waals surface area contributed by atoms with E-state index in [-0.39, 0.29) is 11.7 Å². The van der Waals surface area contributed by atoms with Gasteiger partial charge in [-0.1, -0.05) is 6.92 Å². The third kappa shape index (κ3) is 5.22. The van der Waals surface area contributed by atoms with Gasteiger partial charge in [-0.15, -0.1) is 11.3 Å². The fraction of sp³-hybridized carbons (Fsp3) is 0.444. The minimum atomic E-state index is -2.88. The smallest absolute Gasteiger partial charge is 0.387 e. The van der Waals surface area contributed by atoms with E-state index in [2.05, 4.69) is 26.9 Å². The summed E-state index contributed by atoms with van der Waals surface area (Å²) >= 11 is 1.38. The van der Waals surface area contributed by atoms with Crippen molar-refractivity contribution < 1.29 is 18.3 Å². The summed E-state index contributed by atoms with van der Waals surface area (Å²) in [5, 5.41) is 5.23. The molecule has 1 fully saturated rings. The number of benzene rings is 1. The molecule has 2 aromatic rings. The molecule has 0 saturated carbocycles. The second-order valence-electron chi connectivity index (χ2n) is 6.48. The SMILES string of the molecule is CC1CCCN(Cc2csc(NC(=O)c3ccc(OC(F)F)cc3)n2)C1. The number of likely N-dealkylation sites (tertiary alicyclic amines) is 1. The van der Waals surface area contributed by atoms with Gasteiger partial charge in [-0.2, -0.15) is 8.78 Å². The number of halogens is 2. The lowest BCUT2D eigenvalue weighted by molar-refractivity contribution is -0.0498. The number of aromatic nitrogens is 1. The van der Waals surface area contributed by atoms with Crippen molar-refractivity contribution in [3.63, 3.8) is 0 Å². The predicted octanol–water partition coefficient (Wildman–Crippen LogP) is 4.23. The van der Waals surface area contributed by atoms with E-state index in [4.69, 9.17) is 0 Å². The molecule has 1 atom stereocenters. The van der Waals surface area contributed by atoms with Gasteiger partial charge in [0.2, 0.25) is 0 Å². The van der Waals surface area contributed by atoms with Crippen LogP contribution in [0.1, 0.15) is 35.8 Å². The van der Waals surface area contributed by atoms with Gasteiger partial charge >= 0.3 is 6.61 Å². The van der Waals surface area contributed by atoms with Gasteiger partial charge in [0.15, 0.2) is 5.13 Å². The van der Waals surface area contributed by atoms with E-state index in [1.54, 1.807) is 0 Å². The number of piperidine rings is 1. The third-order valence-electron chi connectivity index (χ3n) is 4.24. The molecule has 1 aromatic carbocycles. The van der Waals surface area contributed by atoms with Gasteiger partial charge in [-0.05, 0) is 49.6 Å². The van der Waals surface area contributed by atoms with Crippen LogP contribution in [0.4, 0.5) is 13.9 Å². The zero-order valence-corrected chi connectivity index (χ0v) is 15.3. The number of carbonyl (C=O) groups excluding carboxylic acids is 1. The highest BCUT2D eigenvalue weighted by Gasteiger charge is 2.18. The standard InChI is InChI=1S/C18H21F2N3O2S/c1-12-3-2-8-23(9-12)10-14-11-26-18(21-14)22-16(24)13-4-6-15(7-5-13)25-17(19)20/h4-7,11-12,17H,2-3,8-10H2,1H3,(H,21,22,24). The molecule has 5 nitrogen and oxygen atoms in total. The number of alkyl halides is 2. The van der Waals surface area contributed by atoms with E-state index in [1.165, 1.54) is 48.4 Å². The van der Waals surface area contributed by atoms with Crippen LogP contribution >= 0.6 is 11.3 Å². The molecule has 0 bridgehead atoms. The van der Waals surface area contributed by atoms with Gasteiger partial charge in [-0.3, -0.25) is 15.0 Å². The molecular formula is C18H21F2N3O2S. The van der Waals surface area contributed by atoms with Crippen LogP contribution in [-0.4, -0.2) is 35.5 Å². The average molecular weight is 381 g/mol. The summed E-state index contributed by atoms with van der Waals surface area (Å²) in [5.74, 6) is 0.392. The lowest BCUT2D eigenvalue weighted by atomic mass is 10.0. The Morgan fingerprint density at radius 2 is 2.19 bits per heavy atom. The average Bonchev–Trinajstić information content (AvgIpc) is 3.02. The van der Waals surface area contributed by atoms with Crippen LogP contribution < -0.4 is 10.1 Å². The molecule has 1 unspecified atom stereocenters. The van der Waals surface area contributed by atoms with Crippen molar-refractivity contribution in [3.05, 3.63) is 40.9 Å². The number of thiazole rings is 1. The minimum Gasteiger partial charge on any atom is -0.435 e. The Morgan fingerprint density at radius 3 is 2.88 bits per heavy atom. The van der Waals surface area contributed by atoms with Crippen molar-refractivity contribution >= 4 is 22.4 Å². The second kappa shape index (κ2) is 8.55. The van der Waals surface area contributed by atoms with E-state index < -0.39 is 6.61 Å². The van der Waals surface area contributed by atoms with Gasteiger partial charge in [0.05, 0.1) is 5.69 Å². The molecule has 26 heavy (non-hydrogen) atoms. The maximum atomic E-state index is 12.2. The molecule has 1 N–H and O–H groups in total. The number of ether oxygens (including phenoxy) is 1. The first kappa shape index (κ1) is 18.7. The topological polar surface area (TPSA) is 54.5 Å². The molecule has 140 valence electrons. The van der Waals surface area contributed by atoms with Crippen molar-refractivity contribution in [1.29, 1.82) is 0 Å². The van der Waals surface area contributed by atoms with Gasteiger partial charge < -0.3 is 4.74 Å². The Hall–Kier alpha value is -2.06. The van der Waals surface area contributed by atoms with Gasteiger partial charge in [0.25, 0.3) is 5.91 Å². The maximum Gasteiger partial charge on any atom is 0.387 e. The Balaban J connectivity index is 1.55. The van der Waals surface area contributed by atoms with Crippen molar-refractivity contribution in [2.45, 2.75) is 32.9 Å². The minimum absolute atomic E-state index is 0.0174. The summed E-state index contributed by atoms with van der Waals surface area (Å²) in [7, 11) is 0. The van der Waals surface area contributed by atoms with Crippen LogP contribution in [0, 0.1) is 5.92 Å². The first-order valence-corrected chi connectivity index (χ1v) is 9.40. The number of hydrogen-bond acceptors (Lipinski definition) is 5. The lowest BCUT2D eigenvalue weighted by Gasteiger charge is -2.30. The van der Waals surface area contributed by atoms with Crippen LogP contribution in [0.5, 0.6) is 5.75 Å². The first-order chi connectivity index (χ1) is 12.5. The normalized spacial score (nSPS) is 18.1. The summed E-state index contributed by atoms with van der Waals surface area (Å²) in [5.41, 5.74) is 1.30. The third-order valence-corrected chi connectivity index (χ3v) is 5.05. The predicted molar refractivity (Wildman–Crippen MR) is 96.8 cm³/mol. The summed E-state index contributed by atoms with van der Waals surface area (Å²) in [6.45, 7) is 2.32. The van der Waals surface area contributed by atoms with Gasteiger partial charge in [0.1, 0.15) is 5.75 Å². The van der Waals surface area contributed by atoms with Crippen LogP contribution in [-0.2, 0) is 6.54 Å². The molecule has 1 saturated heterocycles. The van der Waals surface area contributed by atoms with Gasteiger partial charge in [0, 0.05) is 24.0 Å². The van der Waals surface area contributed by atoms with Crippen LogP contribution in [0.25, 0.3) is 0 Å². The molecular weight excluding hydrogens is 360 g/mol. The zero-order chi connectivity index (χ0) is 18.5. The number of hydrogen-bond donors (Lipinski definition) is 1.